The van der Waals surface area contributed by atoms with E-state index in [0.717, 1.165) is 18.7 Å². The Kier molecular flexibility index (Phi) is 8.80. The summed E-state index contributed by atoms with van der Waals surface area (Å²) < 4.78 is 5.70. The van der Waals surface area contributed by atoms with Gasteiger partial charge in [0.15, 0.2) is 0 Å². The van der Waals surface area contributed by atoms with Crippen LogP contribution in [0.25, 0.3) is 6.08 Å². The number of nitriles is 2. The van der Waals surface area contributed by atoms with Gasteiger partial charge in [0.2, 0.25) is 0 Å². The molecule has 0 saturated carbocycles. The van der Waals surface area contributed by atoms with Crippen molar-refractivity contribution in [3.05, 3.63) is 70.7 Å². The van der Waals surface area contributed by atoms with Gasteiger partial charge in [-0.05, 0) is 55.7 Å². The summed E-state index contributed by atoms with van der Waals surface area (Å²) in [6, 6.07) is 12.4. The van der Waals surface area contributed by atoms with Crippen molar-refractivity contribution in [2.75, 3.05) is 18.0 Å². The van der Waals surface area contributed by atoms with Gasteiger partial charge in [-0.2, -0.15) is 10.5 Å². The first-order valence-electron chi connectivity index (χ1n) is 10.3. The van der Waals surface area contributed by atoms with Gasteiger partial charge in [-0.3, -0.25) is 0 Å². The Labute approximate surface area is 174 Å². The molecule has 0 atom stereocenters. The van der Waals surface area contributed by atoms with E-state index in [-0.39, 0.29) is 5.57 Å². The van der Waals surface area contributed by atoms with Gasteiger partial charge >= 0.3 is 0 Å². The lowest BCUT2D eigenvalue weighted by Gasteiger charge is -2.24. The van der Waals surface area contributed by atoms with Crippen molar-refractivity contribution < 1.29 is 4.74 Å². The molecular formula is C25H29N3O. The van der Waals surface area contributed by atoms with Gasteiger partial charge in [-0.15, -0.1) is 0 Å². The Bertz CT molecular complexity index is 865. The van der Waals surface area contributed by atoms with Crippen LogP contribution in [0, 0.1) is 22.7 Å². The van der Waals surface area contributed by atoms with Crippen molar-refractivity contribution in [2.24, 2.45) is 0 Å². The minimum atomic E-state index is 0.0853. The van der Waals surface area contributed by atoms with Crippen molar-refractivity contribution in [3.8, 4) is 12.1 Å². The van der Waals surface area contributed by atoms with Crippen molar-refractivity contribution in [1.29, 1.82) is 10.5 Å². The van der Waals surface area contributed by atoms with E-state index in [1.165, 1.54) is 31.4 Å². The van der Waals surface area contributed by atoms with Crippen molar-refractivity contribution in [3.63, 3.8) is 0 Å². The van der Waals surface area contributed by atoms with Gasteiger partial charge in [-0.1, -0.05) is 44.9 Å². The van der Waals surface area contributed by atoms with Gasteiger partial charge < -0.3 is 9.64 Å². The monoisotopic (exact) mass is 387 g/mol. The molecule has 0 aromatic heterocycles. The van der Waals surface area contributed by atoms with Gasteiger partial charge in [0, 0.05) is 24.4 Å². The smallest absolute Gasteiger partial charge is 0.137 e. The van der Waals surface area contributed by atoms with Crippen LogP contribution in [-0.2, 0) is 4.74 Å². The van der Waals surface area contributed by atoms with E-state index in [1.807, 2.05) is 31.2 Å². The standard InChI is InChI=1S/C25H29N3O/c1-4-6-14-28(15-7-5-2)24-11-8-21(9-12-24)10-13-25-17-22(16-20(3)29-25)23(18-26)19-27/h8-13,16-17H,4-7,14-15H2,1-3H3. The molecule has 0 spiro atoms. The summed E-state index contributed by atoms with van der Waals surface area (Å²) in [5.74, 6) is 1.27. The molecule has 0 N–H and O–H groups in total. The fraction of sp³-hybridized carbons (Fsp3) is 0.360. The lowest BCUT2D eigenvalue weighted by molar-refractivity contribution is 0.318. The number of nitrogens with zero attached hydrogens (tertiary/aromatic N) is 3. The van der Waals surface area contributed by atoms with Crippen molar-refractivity contribution in [1.82, 2.24) is 0 Å². The number of rotatable bonds is 9. The minimum Gasteiger partial charge on any atom is -0.462 e. The lowest BCUT2D eigenvalue weighted by atomic mass is 10.1. The van der Waals surface area contributed by atoms with E-state index in [0.29, 0.717) is 17.1 Å². The average Bonchev–Trinajstić information content (AvgIpc) is 2.73. The van der Waals surface area contributed by atoms with E-state index in [9.17, 15) is 0 Å². The summed E-state index contributed by atoms with van der Waals surface area (Å²) in [7, 11) is 0. The number of hydrogen-bond donors (Lipinski definition) is 0. The molecule has 1 aliphatic rings. The van der Waals surface area contributed by atoms with Crippen LogP contribution in [0.2, 0.25) is 0 Å². The van der Waals surface area contributed by atoms with E-state index in [1.54, 1.807) is 12.2 Å². The number of benzene rings is 1. The van der Waals surface area contributed by atoms with Crippen LogP contribution in [-0.4, -0.2) is 13.1 Å². The number of hydrogen-bond acceptors (Lipinski definition) is 4. The third-order valence-corrected chi connectivity index (χ3v) is 4.71. The van der Waals surface area contributed by atoms with E-state index < -0.39 is 0 Å². The molecule has 0 unspecified atom stereocenters. The van der Waals surface area contributed by atoms with Crippen LogP contribution in [0.4, 0.5) is 5.69 Å². The highest BCUT2D eigenvalue weighted by Gasteiger charge is 2.10. The summed E-state index contributed by atoms with van der Waals surface area (Å²) in [4.78, 5) is 2.46. The Balaban J connectivity index is 2.14. The molecule has 1 aliphatic heterocycles. The first kappa shape index (κ1) is 22.1. The molecule has 4 nitrogen and oxygen atoms in total. The van der Waals surface area contributed by atoms with Gasteiger partial charge in [0.05, 0.1) is 0 Å². The van der Waals surface area contributed by atoms with E-state index in [2.05, 4.69) is 43.0 Å². The quantitative estimate of drug-likeness (QED) is 0.469. The number of allylic oxidation sites excluding steroid dienone is 6. The molecule has 29 heavy (non-hydrogen) atoms. The topological polar surface area (TPSA) is 60.0 Å². The molecule has 1 aromatic rings. The Morgan fingerprint density at radius 2 is 1.59 bits per heavy atom. The zero-order valence-corrected chi connectivity index (χ0v) is 17.6. The molecule has 0 bridgehead atoms. The van der Waals surface area contributed by atoms with E-state index >= 15 is 0 Å². The summed E-state index contributed by atoms with van der Waals surface area (Å²) in [5.41, 5.74) is 3.00. The fourth-order valence-corrected chi connectivity index (χ4v) is 3.08. The predicted molar refractivity (Wildman–Crippen MR) is 119 cm³/mol. The van der Waals surface area contributed by atoms with Gasteiger partial charge in [0.25, 0.3) is 0 Å². The molecule has 0 fully saturated rings. The zero-order chi connectivity index (χ0) is 21.1. The third-order valence-electron chi connectivity index (χ3n) is 4.71. The number of ether oxygens (including phenoxy) is 1. The summed E-state index contributed by atoms with van der Waals surface area (Å²) in [5, 5.41) is 18.2. The molecule has 0 amide bonds. The SMILES string of the molecule is CCCCN(CCCC)c1ccc(C=CC2=CC(=C(C#N)C#N)C=C(C)O2)cc1. The molecular weight excluding hydrogens is 358 g/mol. The maximum Gasteiger partial charge on any atom is 0.137 e. The molecule has 0 radical (unpaired) electrons. The lowest BCUT2D eigenvalue weighted by Crippen LogP contribution is -2.25. The fourth-order valence-electron chi connectivity index (χ4n) is 3.08. The van der Waals surface area contributed by atoms with Crippen LogP contribution < -0.4 is 4.90 Å². The van der Waals surface area contributed by atoms with Gasteiger partial charge in [-0.25, -0.2) is 0 Å². The number of unbranched alkanes of at least 4 members (excludes halogenated alkanes) is 2. The Hall–Kier alpha value is -3.24. The second kappa shape index (κ2) is 11.6. The third kappa shape index (κ3) is 6.70. The zero-order valence-electron chi connectivity index (χ0n) is 17.6. The van der Waals surface area contributed by atoms with Crippen LogP contribution >= 0.6 is 0 Å². The minimum absolute atomic E-state index is 0.0853. The molecule has 1 heterocycles. The highest BCUT2D eigenvalue weighted by Crippen LogP contribution is 2.23. The van der Waals surface area contributed by atoms with Crippen LogP contribution in [0.3, 0.4) is 0 Å². The molecule has 0 aliphatic carbocycles. The maximum atomic E-state index is 9.09. The van der Waals surface area contributed by atoms with Crippen molar-refractivity contribution in [2.45, 2.75) is 46.5 Å². The van der Waals surface area contributed by atoms with Crippen LogP contribution in [0.1, 0.15) is 52.0 Å². The Morgan fingerprint density at radius 1 is 0.966 bits per heavy atom. The molecule has 4 heteroatoms. The molecule has 0 saturated heterocycles. The largest absolute Gasteiger partial charge is 0.462 e. The average molecular weight is 388 g/mol. The van der Waals surface area contributed by atoms with E-state index in [4.69, 9.17) is 15.3 Å². The highest BCUT2D eigenvalue weighted by molar-refractivity contribution is 5.59. The molecule has 2 rings (SSSR count). The first-order chi connectivity index (χ1) is 14.1. The maximum absolute atomic E-state index is 9.09. The molecule has 1 aromatic carbocycles. The summed E-state index contributed by atoms with van der Waals surface area (Å²) >= 11 is 0. The first-order valence-corrected chi connectivity index (χ1v) is 10.3. The Morgan fingerprint density at radius 3 is 2.14 bits per heavy atom. The van der Waals surface area contributed by atoms with Crippen LogP contribution in [0.15, 0.2) is 65.2 Å². The number of anilines is 1. The normalized spacial score (nSPS) is 13.2. The van der Waals surface area contributed by atoms with Gasteiger partial charge in [0.1, 0.15) is 29.2 Å². The molecule has 150 valence electrons. The second-order valence-corrected chi connectivity index (χ2v) is 7.08. The predicted octanol–water partition coefficient (Wildman–Crippen LogP) is 6.27. The van der Waals surface area contributed by atoms with Crippen LogP contribution in [0.5, 0.6) is 0 Å². The highest BCUT2D eigenvalue weighted by atomic mass is 16.5. The van der Waals surface area contributed by atoms with Crippen molar-refractivity contribution >= 4 is 11.8 Å². The second-order valence-electron chi connectivity index (χ2n) is 7.08. The summed E-state index contributed by atoms with van der Waals surface area (Å²) in [6.07, 6.45) is 12.1. The summed E-state index contributed by atoms with van der Waals surface area (Å²) in [6.45, 7) is 8.44.